The standard InChI is InChI=1S/C17H15ClN4O/c18-15-11-14(7-8-16(15)22-10-4-9-20-22)21-17(23)19-12-13-5-2-1-3-6-13/h1-11H,12H2,(H2,19,21,23). The number of aromatic nitrogens is 2. The fourth-order valence-corrected chi connectivity index (χ4v) is 2.40. The number of hydrogen-bond acceptors (Lipinski definition) is 2. The number of nitrogens with zero attached hydrogens (tertiary/aromatic N) is 2. The van der Waals surface area contributed by atoms with Crippen LogP contribution in [0.1, 0.15) is 5.56 Å². The van der Waals surface area contributed by atoms with Crippen LogP contribution in [0, 0.1) is 0 Å². The number of halogens is 1. The summed E-state index contributed by atoms with van der Waals surface area (Å²) in [5, 5.41) is 10.2. The fourth-order valence-electron chi connectivity index (χ4n) is 2.14. The molecule has 3 rings (SSSR count). The molecule has 2 aromatic carbocycles. The summed E-state index contributed by atoms with van der Waals surface area (Å²) in [5.41, 5.74) is 2.41. The molecule has 23 heavy (non-hydrogen) atoms. The molecular weight excluding hydrogens is 312 g/mol. The van der Waals surface area contributed by atoms with Crippen molar-refractivity contribution in [3.63, 3.8) is 0 Å². The van der Waals surface area contributed by atoms with Crippen molar-refractivity contribution in [2.24, 2.45) is 0 Å². The molecule has 3 aromatic rings. The molecule has 0 atom stereocenters. The Balaban J connectivity index is 1.62. The summed E-state index contributed by atoms with van der Waals surface area (Å²) in [5.74, 6) is 0. The van der Waals surface area contributed by atoms with Crippen LogP contribution < -0.4 is 10.6 Å². The Labute approximate surface area is 138 Å². The van der Waals surface area contributed by atoms with Crippen molar-refractivity contribution >= 4 is 23.3 Å². The van der Waals surface area contributed by atoms with Crippen LogP contribution in [0.5, 0.6) is 0 Å². The molecular formula is C17H15ClN4O. The van der Waals surface area contributed by atoms with Gasteiger partial charge in [0.1, 0.15) is 0 Å². The van der Waals surface area contributed by atoms with Gasteiger partial charge in [-0.05, 0) is 29.8 Å². The van der Waals surface area contributed by atoms with Crippen LogP contribution in [0.15, 0.2) is 67.0 Å². The number of anilines is 1. The highest BCUT2D eigenvalue weighted by Gasteiger charge is 2.07. The van der Waals surface area contributed by atoms with Gasteiger partial charge in [-0.15, -0.1) is 0 Å². The molecule has 0 fully saturated rings. The molecule has 2 N–H and O–H groups in total. The zero-order valence-corrected chi connectivity index (χ0v) is 13.0. The number of nitrogens with one attached hydrogen (secondary N) is 2. The minimum absolute atomic E-state index is 0.281. The Bertz CT molecular complexity index is 788. The van der Waals surface area contributed by atoms with E-state index in [4.69, 9.17) is 11.6 Å². The van der Waals surface area contributed by atoms with Gasteiger partial charge in [0, 0.05) is 24.6 Å². The van der Waals surface area contributed by atoms with Crippen molar-refractivity contribution < 1.29 is 4.79 Å². The molecule has 6 heteroatoms. The van der Waals surface area contributed by atoms with E-state index in [1.54, 1.807) is 29.2 Å². The number of amides is 2. The van der Waals surface area contributed by atoms with E-state index in [-0.39, 0.29) is 6.03 Å². The highest BCUT2D eigenvalue weighted by atomic mass is 35.5. The molecule has 1 heterocycles. The molecule has 0 aliphatic rings. The summed E-state index contributed by atoms with van der Waals surface area (Å²) < 4.78 is 1.67. The van der Waals surface area contributed by atoms with Crippen LogP contribution in [0.2, 0.25) is 5.02 Å². The predicted octanol–water partition coefficient (Wildman–Crippen LogP) is 3.85. The maximum atomic E-state index is 11.9. The SMILES string of the molecule is O=C(NCc1ccccc1)Nc1ccc(-n2cccn2)c(Cl)c1. The first-order valence-corrected chi connectivity index (χ1v) is 7.48. The van der Waals surface area contributed by atoms with Crippen LogP contribution in [0.3, 0.4) is 0 Å². The third kappa shape index (κ3) is 3.90. The lowest BCUT2D eigenvalue weighted by molar-refractivity contribution is 0.251. The molecule has 0 spiro atoms. The molecule has 0 saturated carbocycles. The Hall–Kier alpha value is -2.79. The van der Waals surface area contributed by atoms with E-state index in [0.29, 0.717) is 17.3 Å². The van der Waals surface area contributed by atoms with Crippen LogP contribution in [0.25, 0.3) is 5.69 Å². The largest absolute Gasteiger partial charge is 0.334 e. The number of benzene rings is 2. The maximum absolute atomic E-state index is 11.9. The minimum Gasteiger partial charge on any atom is -0.334 e. The van der Waals surface area contributed by atoms with E-state index >= 15 is 0 Å². The van der Waals surface area contributed by atoms with Crippen molar-refractivity contribution in [1.82, 2.24) is 15.1 Å². The Morgan fingerprint density at radius 2 is 1.96 bits per heavy atom. The second kappa shape index (κ2) is 6.98. The molecule has 116 valence electrons. The molecule has 5 nitrogen and oxygen atoms in total. The van der Waals surface area contributed by atoms with E-state index in [1.165, 1.54) is 0 Å². The minimum atomic E-state index is -0.281. The summed E-state index contributed by atoms with van der Waals surface area (Å²) in [6.07, 6.45) is 3.49. The number of urea groups is 1. The molecule has 0 saturated heterocycles. The molecule has 0 bridgehead atoms. The fraction of sp³-hybridized carbons (Fsp3) is 0.0588. The molecule has 1 aromatic heterocycles. The Morgan fingerprint density at radius 1 is 1.13 bits per heavy atom. The van der Waals surface area contributed by atoms with Gasteiger partial charge in [-0.1, -0.05) is 41.9 Å². The van der Waals surface area contributed by atoms with Gasteiger partial charge in [0.25, 0.3) is 0 Å². The first kappa shape index (κ1) is 15.1. The van der Waals surface area contributed by atoms with Crippen LogP contribution in [-0.4, -0.2) is 15.8 Å². The van der Waals surface area contributed by atoms with Crippen molar-refractivity contribution in [2.45, 2.75) is 6.54 Å². The topological polar surface area (TPSA) is 59.0 Å². The quantitative estimate of drug-likeness (QED) is 0.765. The van der Waals surface area contributed by atoms with Gasteiger partial charge >= 0.3 is 6.03 Å². The van der Waals surface area contributed by atoms with E-state index in [1.807, 2.05) is 42.5 Å². The van der Waals surface area contributed by atoms with Gasteiger partial charge in [-0.3, -0.25) is 0 Å². The van der Waals surface area contributed by atoms with Crippen molar-refractivity contribution in [3.05, 3.63) is 77.6 Å². The summed E-state index contributed by atoms with van der Waals surface area (Å²) in [4.78, 5) is 11.9. The van der Waals surface area contributed by atoms with E-state index in [2.05, 4.69) is 15.7 Å². The van der Waals surface area contributed by atoms with Crippen LogP contribution >= 0.6 is 11.6 Å². The zero-order chi connectivity index (χ0) is 16.1. The number of carbonyl (C=O) groups excluding carboxylic acids is 1. The highest BCUT2D eigenvalue weighted by molar-refractivity contribution is 6.32. The lowest BCUT2D eigenvalue weighted by Gasteiger charge is -2.10. The van der Waals surface area contributed by atoms with Crippen molar-refractivity contribution in [3.8, 4) is 5.69 Å². The van der Waals surface area contributed by atoms with Gasteiger partial charge in [-0.2, -0.15) is 5.10 Å². The lowest BCUT2D eigenvalue weighted by Crippen LogP contribution is -2.28. The second-order valence-corrected chi connectivity index (χ2v) is 5.32. The number of rotatable bonds is 4. The van der Waals surface area contributed by atoms with E-state index < -0.39 is 0 Å². The lowest BCUT2D eigenvalue weighted by atomic mass is 10.2. The third-order valence-corrected chi connectivity index (χ3v) is 3.56. The van der Waals surface area contributed by atoms with E-state index in [0.717, 1.165) is 11.3 Å². The summed E-state index contributed by atoms with van der Waals surface area (Å²) in [6.45, 7) is 0.464. The first-order chi connectivity index (χ1) is 11.2. The average molecular weight is 327 g/mol. The smallest absolute Gasteiger partial charge is 0.319 e. The third-order valence-electron chi connectivity index (χ3n) is 3.25. The number of hydrogen-bond donors (Lipinski definition) is 2. The Kier molecular flexibility index (Phi) is 4.59. The normalized spacial score (nSPS) is 10.3. The summed E-state index contributed by atoms with van der Waals surface area (Å²) in [6, 6.07) is 16.5. The predicted molar refractivity (Wildman–Crippen MR) is 90.9 cm³/mol. The van der Waals surface area contributed by atoms with Gasteiger partial charge in [-0.25, -0.2) is 9.48 Å². The number of carbonyl (C=O) groups is 1. The van der Waals surface area contributed by atoms with Gasteiger partial charge in [0.05, 0.1) is 10.7 Å². The monoisotopic (exact) mass is 326 g/mol. The molecule has 0 aliphatic carbocycles. The van der Waals surface area contributed by atoms with Crippen molar-refractivity contribution in [2.75, 3.05) is 5.32 Å². The molecule has 2 amide bonds. The average Bonchev–Trinajstić information content (AvgIpc) is 3.08. The molecule has 0 radical (unpaired) electrons. The summed E-state index contributed by atoms with van der Waals surface area (Å²) in [7, 11) is 0. The first-order valence-electron chi connectivity index (χ1n) is 7.11. The molecule has 0 unspecified atom stereocenters. The second-order valence-electron chi connectivity index (χ2n) is 4.91. The highest BCUT2D eigenvalue weighted by Crippen LogP contribution is 2.23. The van der Waals surface area contributed by atoms with Crippen molar-refractivity contribution in [1.29, 1.82) is 0 Å². The van der Waals surface area contributed by atoms with Crippen LogP contribution in [-0.2, 0) is 6.54 Å². The van der Waals surface area contributed by atoms with Crippen LogP contribution in [0.4, 0.5) is 10.5 Å². The Morgan fingerprint density at radius 3 is 2.65 bits per heavy atom. The summed E-state index contributed by atoms with van der Waals surface area (Å²) >= 11 is 6.24. The van der Waals surface area contributed by atoms with Gasteiger partial charge in [0.2, 0.25) is 0 Å². The maximum Gasteiger partial charge on any atom is 0.319 e. The van der Waals surface area contributed by atoms with E-state index in [9.17, 15) is 4.79 Å². The van der Waals surface area contributed by atoms with Gasteiger partial charge < -0.3 is 10.6 Å². The van der Waals surface area contributed by atoms with Gasteiger partial charge in [0.15, 0.2) is 0 Å². The molecule has 0 aliphatic heterocycles. The zero-order valence-electron chi connectivity index (χ0n) is 12.2.